The van der Waals surface area contributed by atoms with Gasteiger partial charge >= 0.3 is 0 Å². The first-order valence-electron chi connectivity index (χ1n) is 6.83. The van der Waals surface area contributed by atoms with E-state index in [0.29, 0.717) is 10.8 Å². The van der Waals surface area contributed by atoms with Crippen molar-refractivity contribution < 1.29 is 8.42 Å². The molecule has 0 saturated carbocycles. The number of hydrogen-bond donors (Lipinski definition) is 0. The van der Waals surface area contributed by atoms with Gasteiger partial charge in [-0.2, -0.15) is 0 Å². The van der Waals surface area contributed by atoms with E-state index in [1.807, 2.05) is 30.3 Å². The molecule has 0 aliphatic rings. The third-order valence-electron chi connectivity index (χ3n) is 3.13. The molecular weight excluding hydrogens is 268 g/mol. The Morgan fingerprint density at radius 3 is 1.95 bits per heavy atom. The normalized spacial score (nSPS) is 11.8. The van der Waals surface area contributed by atoms with Gasteiger partial charge in [0.2, 0.25) is 0 Å². The van der Waals surface area contributed by atoms with Crippen LogP contribution in [0.1, 0.15) is 25.0 Å². The Labute approximate surface area is 121 Å². The van der Waals surface area contributed by atoms with Gasteiger partial charge in [-0.05, 0) is 35.6 Å². The molecule has 2 nitrogen and oxygen atoms in total. The first-order valence-corrected chi connectivity index (χ1v) is 8.48. The molecule has 0 heterocycles. The molecule has 0 spiro atoms. The van der Waals surface area contributed by atoms with Crippen LogP contribution in [0.2, 0.25) is 0 Å². The van der Waals surface area contributed by atoms with Gasteiger partial charge in [-0.1, -0.05) is 56.3 Å². The summed E-state index contributed by atoms with van der Waals surface area (Å²) in [4.78, 5) is 0.381. The summed E-state index contributed by atoms with van der Waals surface area (Å²) >= 11 is 0. The van der Waals surface area contributed by atoms with Gasteiger partial charge in [0.05, 0.1) is 10.6 Å². The molecule has 3 heteroatoms. The molecule has 2 aromatic carbocycles. The number of rotatable bonds is 5. The van der Waals surface area contributed by atoms with E-state index < -0.39 is 9.84 Å². The first kappa shape index (κ1) is 14.8. The maximum absolute atomic E-state index is 12.3. The van der Waals surface area contributed by atoms with Crippen LogP contribution < -0.4 is 0 Å². The van der Waals surface area contributed by atoms with Crippen LogP contribution in [0.3, 0.4) is 0 Å². The van der Waals surface area contributed by atoms with Gasteiger partial charge in [0.15, 0.2) is 9.84 Å². The molecule has 0 fully saturated rings. The Hall–Kier alpha value is -1.61. The summed E-state index contributed by atoms with van der Waals surface area (Å²) < 4.78 is 24.5. The van der Waals surface area contributed by atoms with Crippen molar-refractivity contribution in [3.8, 4) is 0 Å². The van der Waals surface area contributed by atoms with E-state index in [0.717, 1.165) is 12.0 Å². The number of benzene rings is 2. The molecule has 2 aromatic rings. The van der Waals surface area contributed by atoms with E-state index in [4.69, 9.17) is 0 Å². The summed E-state index contributed by atoms with van der Waals surface area (Å²) in [7, 11) is -3.25. The molecule has 0 bridgehead atoms. The van der Waals surface area contributed by atoms with Gasteiger partial charge in [-0.25, -0.2) is 8.42 Å². The fourth-order valence-corrected chi connectivity index (χ4v) is 3.54. The van der Waals surface area contributed by atoms with Gasteiger partial charge in [0, 0.05) is 0 Å². The Balaban J connectivity index is 2.14. The molecule has 0 amide bonds. The van der Waals surface area contributed by atoms with E-state index >= 15 is 0 Å². The predicted octanol–water partition coefficient (Wildman–Crippen LogP) is 3.86. The van der Waals surface area contributed by atoms with Crippen LogP contribution in [-0.4, -0.2) is 8.42 Å². The van der Waals surface area contributed by atoms with Gasteiger partial charge in [0.1, 0.15) is 0 Å². The summed E-state index contributed by atoms with van der Waals surface area (Å²) in [6.45, 7) is 4.35. The second kappa shape index (κ2) is 6.23. The molecule has 0 radical (unpaired) electrons. The van der Waals surface area contributed by atoms with Crippen LogP contribution in [0.4, 0.5) is 0 Å². The highest BCUT2D eigenvalue weighted by Crippen LogP contribution is 2.17. The highest BCUT2D eigenvalue weighted by molar-refractivity contribution is 7.90. The SMILES string of the molecule is CC(C)Cc1ccc(CS(=O)(=O)c2ccccc2)cc1. The third-order valence-corrected chi connectivity index (χ3v) is 4.83. The molecule has 0 atom stereocenters. The van der Waals surface area contributed by atoms with Crippen LogP contribution in [0.5, 0.6) is 0 Å². The smallest absolute Gasteiger partial charge is 0.182 e. The second-order valence-electron chi connectivity index (χ2n) is 5.49. The molecule has 0 aromatic heterocycles. The van der Waals surface area contributed by atoms with Crippen molar-refractivity contribution >= 4 is 9.84 Å². The second-order valence-corrected chi connectivity index (χ2v) is 7.48. The van der Waals surface area contributed by atoms with Crippen molar-refractivity contribution in [3.05, 3.63) is 65.7 Å². The maximum atomic E-state index is 12.3. The lowest BCUT2D eigenvalue weighted by Gasteiger charge is -2.07. The molecule has 0 saturated heterocycles. The van der Waals surface area contributed by atoms with Gasteiger partial charge in [-0.3, -0.25) is 0 Å². The maximum Gasteiger partial charge on any atom is 0.182 e. The van der Waals surface area contributed by atoms with E-state index in [2.05, 4.69) is 13.8 Å². The molecule has 0 unspecified atom stereocenters. The average molecular weight is 288 g/mol. The van der Waals surface area contributed by atoms with Gasteiger partial charge < -0.3 is 0 Å². The highest BCUT2D eigenvalue weighted by Gasteiger charge is 2.14. The van der Waals surface area contributed by atoms with Gasteiger partial charge in [-0.15, -0.1) is 0 Å². The first-order chi connectivity index (χ1) is 9.47. The summed E-state index contributed by atoms with van der Waals surface area (Å²) in [5, 5.41) is 0. The molecule has 0 aliphatic carbocycles. The molecule has 0 aliphatic heterocycles. The highest BCUT2D eigenvalue weighted by atomic mass is 32.2. The Morgan fingerprint density at radius 1 is 0.850 bits per heavy atom. The van der Waals surface area contributed by atoms with Crippen molar-refractivity contribution in [3.63, 3.8) is 0 Å². The van der Waals surface area contributed by atoms with Crippen molar-refractivity contribution in [2.24, 2.45) is 5.92 Å². The minimum atomic E-state index is -3.25. The van der Waals surface area contributed by atoms with E-state index in [-0.39, 0.29) is 5.75 Å². The minimum Gasteiger partial charge on any atom is -0.223 e. The minimum absolute atomic E-state index is 0.0545. The van der Waals surface area contributed by atoms with E-state index in [1.54, 1.807) is 24.3 Å². The van der Waals surface area contributed by atoms with E-state index in [1.165, 1.54) is 5.56 Å². The molecule has 20 heavy (non-hydrogen) atoms. The Kier molecular flexibility index (Phi) is 4.61. The van der Waals surface area contributed by atoms with Crippen molar-refractivity contribution in [2.45, 2.75) is 30.9 Å². The van der Waals surface area contributed by atoms with Crippen LogP contribution in [0.25, 0.3) is 0 Å². The molecular formula is C17H20O2S. The topological polar surface area (TPSA) is 34.1 Å². The summed E-state index contributed by atoms with van der Waals surface area (Å²) in [6.07, 6.45) is 1.02. The third kappa shape index (κ3) is 3.94. The molecule has 0 N–H and O–H groups in total. The van der Waals surface area contributed by atoms with Crippen molar-refractivity contribution in [1.29, 1.82) is 0 Å². The Morgan fingerprint density at radius 2 is 1.40 bits per heavy atom. The quantitative estimate of drug-likeness (QED) is 0.837. The van der Waals surface area contributed by atoms with Crippen molar-refractivity contribution in [2.75, 3.05) is 0 Å². The Bertz CT molecular complexity index is 641. The predicted molar refractivity (Wildman–Crippen MR) is 82.3 cm³/mol. The fraction of sp³-hybridized carbons (Fsp3) is 0.294. The zero-order valence-electron chi connectivity index (χ0n) is 11.9. The number of hydrogen-bond acceptors (Lipinski definition) is 2. The average Bonchev–Trinajstić information content (AvgIpc) is 2.41. The lowest BCUT2D eigenvalue weighted by molar-refractivity contribution is 0.595. The molecule has 106 valence electrons. The fourth-order valence-electron chi connectivity index (χ4n) is 2.17. The van der Waals surface area contributed by atoms with Crippen LogP contribution in [0, 0.1) is 5.92 Å². The number of sulfone groups is 1. The largest absolute Gasteiger partial charge is 0.223 e. The van der Waals surface area contributed by atoms with E-state index in [9.17, 15) is 8.42 Å². The standard InChI is InChI=1S/C17H20O2S/c1-14(2)12-15-8-10-16(11-9-15)13-20(18,19)17-6-4-3-5-7-17/h3-11,14H,12-13H2,1-2H3. The van der Waals surface area contributed by atoms with Crippen LogP contribution in [-0.2, 0) is 22.0 Å². The zero-order chi connectivity index (χ0) is 14.6. The van der Waals surface area contributed by atoms with Crippen molar-refractivity contribution in [1.82, 2.24) is 0 Å². The zero-order valence-corrected chi connectivity index (χ0v) is 12.7. The monoisotopic (exact) mass is 288 g/mol. The van der Waals surface area contributed by atoms with Gasteiger partial charge in [0.25, 0.3) is 0 Å². The summed E-state index contributed by atoms with van der Waals surface area (Å²) in [5.74, 6) is 0.660. The summed E-state index contributed by atoms with van der Waals surface area (Å²) in [5.41, 5.74) is 2.09. The molecule has 2 rings (SSSR count). The lowest BCUT2D eigenvalue weighted by Crippen LogP contribution is -2.05. The summed E-state index contributed by atoms with van der Waals surface area (Å²) in [6, 6.07) is 16.5. The lowest BCUT2D eigenvalue weighted by atomic mass is 10.0. The van der Waals surface area contributed by atoms with Crippen LogP contribution in [0.15, 0.2) is 59.5 Å². The van der Waals surface area contributed by atoms with Crippen LogP contribution >= 0.6 is 0 Å².